The summed E-state index contributed by atoms with van der Waals surface area (Å²) in [6.45, 7) is 5.80. The second-order valence-electron chi connectivity index (χ2n) is 4.95. The molecule has 94 valence electrons. The quantitative estimate of drug-likeness (QED) is 0.843. The van der Waals surface area contributed by atoms with Crippen LogP contribution in [0.3, 0.4) is 0 Å². The van der Waals surface area contributed by atoms with Crippen molar-refractivity contribution >= 4 is 0 Å². The molecule has 0 spiro atoms. The number of hydrogen-bond acceptors (Lipinski definition) is 2. The van der Waals surface area contributed by atoms with Gasteiger partial charge in [-0.25, -0.2) is 0 Å². The van der Waals surface area contributed by atoms with Gasteiger partial charge in [0.15, 0.2) is 0 Å². The summed E-state index contributed by atoms with van der Waals surface area (Å²) in [5.74, 6) is 0.620. The molecular weight excluding hydrogens is 212 g/mol. The molecule has 0 bridgehead atoms. The van der Waals surface area contributed by atoms with E-state index in [0.717, 1.165) is 31.4 Å². The van der Waals surface area contributed by atoms with Crippen molar-refractivity contribution in [2.24, 2.45) is 5.92 Å². The molecule has 0 saturated heterocycles. The van der Waals surface area contributed by atoms with E-state index in [2.05, 4.69) is 26.0 Å². The van der Waals surface area contributed by atoms with Crippen LogP contribution in [0.1, 0.15) is 55.9 Å². The van der Waals surface area contributed by atoms with Gasteiger partial charge in [-0.1, -0.05) is 44.9 Å². The average Bonchev–Trinajstić information content (AvgIpc) is 2.82. The average molecular weight is 234 g/mol. The minimum Gasteiger partial charge on any atom is -0.388 e. The van der Waals surface area contributed by atoms with Crippen LogP contribution in [0, 0.1) is 5.92 Å². The van der Waals surface area contributed by atoms with Crippen LogP contribution in [0.4, 0.5) is 0 Å². The monoisotopic (exact) mass is 234 g/mol. The Morgan fingerprint density at radius 3 is 2.59 bits per heavy atom. The first-order chi connectivity index (χ1) is 8.24. The third kappa shape index (κ3) is 2.88. The van der Waals surface area contributed by atoms with E-state index in [1.807, 2.05) is 6.07 Å². The lowest BCUT2D eigenvalue weighted by Gasteiger charge is -2.18. The molecular formula is C15H22O2. The predicted octanol–water partition coefficient (Wildman–Crippen LogP) is 3.58. The maximum atomic E-state index is 10.2. The zero-order valence-corrected chi connectivity index (χ0v) is 10.8. The highest BCUT2D eigenvalue weighted by atomic mass is 16.5. The van der Waals surface area contributed by atoms with Crippen LogP contribution in [-0.2, 0) is 18.0 Å². The lowest BCUT2D eigenvalue weighted by Crippen LogP contribution is -2.06. The summed E-state index contributed by atoms with van der Waals surface area (Å²) in [5.41, 5.74) is 3.55. The Hall–Kier alpha value is -0.860. The highest BCUT2D eigenvalue weighted by molar-refractivity contribution is 5.34. The van der Waals surface area contributed by atoms with Crippen molar-refractivity contribution < 1.29 is 9.84 Å². The van der Waals surface area contributed by atoms with Gasteiger partial charge in [-0.15, -0.1) is 0 Å². The first kappa shape index (κ1) is 12.6. The molecule has 1 unspecified atom stereocenters. The Morgan fingerprint density at radius 2 is 1.88 bits per heavy atom. The van der Waals surface area contributed by atoms with Crippen LogP contribution in [0.25, 0.3) is 0 Å². The first-order valence-electron chi connectivity index (χ1n) is 6.62. The number of aliphatic hydroxyl groups excluding tert-OH is 1. The van der Waals surface area contributed by atoms with Crippen LogP contribution < -0.4 is 0 Å². The Labute approximate surface area is 104 Å². The minimum absolute atomic E-state index is 0.328. The molecule has 1 aromatic carbocycles. The van der Waals surface area contributed by atoms with Crippen molar-refractivity contribution in [2.75, 3.05) is 0 Å². The third-order valence-electron chi connectivity index (χ3n) is 3.84. The molecule has 2 heteroatoms. The third-order valence-corrected chi connectivity index (χ3v) is 3.84. The lowest BCUT2D eigenvalue weighted by atomic mass is 9.92. The summed E-state index contributed by atoms with van der Waals surface area (Å²) >= 11 is 0. The fourth-order valence-electron chi connectivity index (χ4n) is 2.47. The highest BCUT2D eigenvalue weighted by Gasteiger charge is 2.17. The second-order valence-corrected chi connectivity index (χ2v) is 4.95. The summed E-state index contributed by atoms with van der Waals surface area (Å²) in [7, 11) is 0. The molecule has 0 radical (unpaired) electrons. The maximum Gasteiger partial charge on any atom is 0.0792 e. The fraction of sp³-hybridized carbons (Fsp3) is 0.600. The van der Waals surface area contributed by atoms with Gasteiger partial charge >= 0.3 is 0 Å². The summed E-state index contributed by atoms with van der Waals surface area (Å²) in [6, 6.07) is 6.24. The molecule has 1 aliphatic heterocycles. The normalized spacial score (nSPS) is 16.2. The van der Waals surface area contributed by atoms with Gasteiger partial charge in [-0.2, -0.15) is 0 Å². The van der Waals surface area contributed by atoms with E-state index < -0.39 is 0 Å². The van der Waals surface area contributed by atoms with Crippen molar-refractivity contribution in [2.45, 2.75) is 52.4 Å². The number of benzene rings is 1. The Balaban J connectivity index is 2.06. The minimum atomic E-state index is -0.328. The van der Waals surface area contributed by atoms with Crippen LogP contribution >= 0.6 is 0 Å². The van der Waals surface area contributed by atoms with Crippen molar-refractivity contribution in [3.8, 4) is 0 Å². The molecule has 0 saturated carbocycles. The molecule has 0 fully saturated rings. The van der Waals surface area contributed by atoms with E-state index >= 15 is 0 Å². The van der Waals surface area contributed by atoms with Crippen LogP contribution in [0.15, 0.2) is 18.2 Å². The van der Waals surface area contributed by atoms with Crippen molar-refractivity contribution in [3.63, 3.8) is 0 Å². The summed E-state index contributed by atoms with van der Waals surface area (Å²) in [6.07, 6.45) is 2.82. The number of ether oxygens (including phenoxy) is 1. The molecule has 1 atom stereocenters. The van der Waals surface area contributed by atoms with E-state index in [1.54, 1.807) is 0 Å². The molecule has 2 nitrogen and oxygen atoms in total. The molecule has 1 aromatic rings. The Bertz CT molecular complexity index is 369. The summed E-state index contributed by atoms with van der Waals surface area (Å²) < 4.78 is 5.39. The molecule has 1 aliphatic rings. The molecule has 17 heavy (non-hydrogen) atoms. The Kier molecular flexibility index (Phi) is 4.19. The summed E-state index contributed by atoms with van der Waals surface area (Å²) in [4.78, 5) is 0. The van der Waals surface area contributed by atoms with E-state index in [9.17, 15) is 5.11 Å². The predicted molar refractivity (Wildman–Crippen MR) is 68.6 cm³/mol. The number of aliphatic hydroxyl groups is 1. The zero-order valence-electron chi connectivity index (χ0n) is 10.8. The van der Waals surface area contributed by atoms with E-state index in [-0.39, 0.29) is 6.10 Å². The first-order valence-corrected chi connectivity index (χ1v) is 6.62. The Morgan fingerprint density at radius 1 is 1.18 bits per heavy atom. The van der Waals surface area contributed by atoms with Gasteiger partial charge in [-0.3, -0.25) is 0 Å². The molecule has 0 amide bonds. The molecule has 1 heterocycles. The van der Waals surface area contributed by atoms with Gasteiger partial charge in [0.2, 0.25) is 0 Å². The second kappa shape index (κ2) is 5.65. The molecule has 1 N–H and O–H groups in total. The van der Waals surface area contributed by atoms with Crippen LogP contribution in [-0.4, -0.2) is 5.11 Å². The van der Waals surface area contributed by atoms with E-state index in [0.29, 0.717) is 12.5 Å². The zero-order chi connectivity index (χ0) is 12.3. The molecule has 2 rings (SSSR count). The topological polar surface area (TPSA) is 29.5 Å². The largest absolute Gasteiger partial charge is 0.388 e. The van der Waals surface area contributed by atoms with Gasteiger partial charge in [0.25, 0.3) is 0 Å². The molecule has 0 aromatic heterocycles. The number of hydrogen-bond donors (Lipinski definition) is 1. The number of rotatable bonds is 5. The van der Waals surface area contributed by atoms with Crippen LogP contribution in [0.2, 0.25) is 0 Å². The maximum absolute atomic E-state index is 10.2. The van der Waals surface area contributed by atoms with Gasteiger partial charge in [0, 0.05) is 0 Å². The van der Waals surface area contributed by atoms with Crippen LogP contribution in [0.5, 0.6) is 0 Å². The van der Waals surface area contributed by atoms with Gasteiger partial charge in [0.05, 0.1) is 19.3 Å². The van der Waals surface area contributed by atoms with Gasteiger partial charge < -0.3 is 9.84 Å². The summed E-state index contributed by atoms with van der Waals surface area (Å²) in [5, 5.41) is 10.2. The SMILES string of the molecule is CCC(CC)CC(O)c1ccc2c(c1)COC2. The van der Waals surface area contributed by atoms with Gasteiger partial charge in [-0.05, 0) is 29.0 Å². The fourth-order valence-corrected chi connectivity index (χ4v) is 2.47. The lowest BCUT2D eigenvalue weighted by molar-refractivity contribution is 0.133. The van der Waals surface area contributed by atoms with Crippen molar-refractivity contribution in [3.05, 3.63) is 34.9 Å². The van der Waals surface area contributed by atoms with Gasteiger partial charge in [0.1, 0.15) is 0 Å². The smallest absolute Gasteiger partial charge is 0.0792 e. The van der Waals surface area contributed by atoms with E-state index in [1.165, 1.54) is 11.1 Å². The van der Waals surface area contributed by atoms with E-state index in [4.69, 9.17) is 4.74 Å². The standard InChI is InChI=1S/C15H22O2/c1-3-11(4-2)7-15(16)12-5-6-13-9-17-10-14(13)8-12/h5-6,8,11,15-16H,3-4,7,9-10H2,1-2H3. The van der Waals surface area contributed by atoms with Crippen molar-refractivity contribution in [1.82, 2.24) is 0 Å². The van der Waals surface area contributed by atoms with Crippen molar-refractivity contribution in [1.29, 1.82) is 0 Å². The number of fused-ring (bicyclic) bond motifs is 1. The highest BCUT2D eigenvalue weighted by Crippen LogP contribution is 2.28. The molecule has 0 aliphatic carbocycles.